The Bertz CT molecular complexity index is 779. The van der Waals surface area contributed by atoms with Crippen LogP contribution in [-0.4, -0.2) is 53.8 Å². The SMILES string of the molecule is C[C@H]([NH3+])C(=O)C(C)(C)C(=O)N(C)[C@@H](C)C(=O)OCc1ccccc1.O=C([O-])C(F)(F)F. The highest BCUT2D eigenvalue weighted by atomic mass is 19.4. The Morgan fingerprint density at radius 1 is 1.10 bits per heavy atom. The summed E-state index contributed by atoms with van der Waals surface area (Å²) in [5, 5.41) is 8.78. The molecule has 0 unspecified atom stereocenters. The average molecular weight is 448 g/mol. The van der Waals surface area contributed by atoms with Crippen molar-refractivity contribution < 1.29 is 47.9 Å². The zero-order valence-electron chi connectivity index (χ0n) is 18.0. The largest absolute Gasteiger partial charge is 0.542 e. The van der Waals surface area contributed by atoms with Gasteiger partial charge in [-0.05, 0) is 33.3 Å². The van der Waals surface area contributed by atoms with Crippen molar-refractivity contribution in [2.24, 2.45) is 5.41 Å². The van der Waals surface area contributed by atoms with Gasteiger partial charge >= 0.3 is 12.1 Å². The van der Waals surface area contributed by atoms with Crippen LogP contribution in [0.4, 0.5) is 13.2 Å². The van der Waals surface area contributed by atoms with Gasteiger partial charge in [-0.2, -0.15) is 13.2 Å². The molecular formula is C20H27F3N2O6. The Morgan fingerprint density at radius 2 is 1.55 bits per heavy atom. The minimum atomic E-state index is -5.19. The Kier molecular flexibility index (Phi) is 10.4. The fraction of sp³-hybridized carbons (Fsp3) is 0.500. The summed E-state index contributed by atoms with van der Waals surface area (Å²) < 4.78 is 36.8. The number of hydrogen-bond acceptors (Lipinski definition) is 6. The Hall–Kier alpha value is -2.95. The number of alkyl halides is 3. The molecule has 0 aliphatic rings. The summed E-state index contributed by atoms with van der Waals surface area (Å²) >= 11 is 0. The second-order valence-electron chi connectivity index (χ2n) is 7.36. The summed E-state index contributed by atoms with van der Waals surface area (Å²) in [6, 6.07) is 8.01. The van der Waals surface area contributed by atoms with Gasteiger partial charge in [0, 0.05) is 7.05 Å². The number of carboxylic acid groups (broad SMARTS) is 1. The Labute approximate surface area is 178 Å². The molecule has 1 aromatic rings. The van der Waals surface area contributed by atoms with Crippen LogP contribution in [0.1, 0.15) is 33.3 Å². The number of aliphatic carboxylic acids is 1. The maximum atomic E-state index is 12.6. The third kappa shape index (κ3) is 8.75. The quantitative estimate of drug-likeness (QED) is 0.465. The summed E-state index contributed by atoms with van der Waals surface area (Å²) in [6.45, 7) is 6.48. The van der Waals surface area contributed by atoms with Crippen LogP contribution in [0, 0.1) is 5.41 Å². The molecule has 0 radical (unpaired) electrons. The van der Waals surface area contributed by atoms with Crippen molar-refractivity contribution in [1.82, 2.24) is 4.90 Å². The van der Waals surface area contributed by atoms with Crippen LogP contribution >= 0.6 is 0 Å². The highest BCUT2D eigenvalue weighted by molar-refractivity contribution is 6.07. The molecule has 0 aliphatic heterocycles. The van der Waals surface area contributed by atoms with Gasteiger partial charge in [-0.3, -0.25) is 9.59 Å². The van der Waals surface area contributed by atoms with Crippen LogP contribution in [0.15, 0.2) is 30.3 Å². The number of Topliss-reactive ketones (excluding diaryl/α,β-unsaturated/α-hetero) is 1. The molecule has 0 aromatic heterocycles. The molecule has 11 heteroatoms. The number of benzene rings is 1. The maximum absolute atomic E-state index is 12.6. The highest BCUT2D eigenvalue weighted by Gasteiger charge is 2.42. The normalized spacial score (nSPS) is 13.2. The fourth-order valence-electron chi connectivity index (χ4n) is 2.35. The van der Waals surface area contributed by atoms with Crippen molar-refractivity contribution >= 4 is 23.6 Å². The van der Waals surface area contributed by atoms with E-state index in [4.69, 9.17) is 14.6 Å². The fourth-order valence-corrected chi connectivity index (χ4v) is 2.35. The molecule has 0 fully saturated rings. The lowest BCUT2D eigenvalue weighted by molar-refractivity contribution is -0.399. The molecule has 1 aromatic carbocycles. The van der Waals surface area contributed by atoms with Crippen LogP contribution in [0.5, 0.6) is 0 Å². The van der Waals surface area contributed by atoms with Crippen molar-refractivity contribution in [3.8, 4) is 0 Å². The number of nitrogens with zero attached hydrogens (tertiary/aromatic N) is 1. The van der Waals surface area contributed by atoms with E-state index < -0.39 is 41.5 Å². The van der Waals surface area contributed by atoms with Crippen molar-refractivity contribution in [2.45, 2.75) is 52.6 Å². The monoisotopic (exact) mass is 448 g/mol. The van der Waals surface area contributed by atoms with Crippen LogP contribution < -0.4 is 10.8 Å². The predicted octanol–water partition coefficient (Wildman–Crippen LogP) is 0.101. The van der Waals surface area contributed by atoms with Crippen LogP contribution in [0.2, 0.25) is 0 Å². The van der Waals surface area contributed by atoms with Gasteiger partial charge < -0.3 is 25.3 Å². The van der Waals surface area contributed by atoms with Crippen molar-refractivity contribution in [1.29, 1.82) is 0 Å². The number of likely N-dealkylation sites (N-methyl/N-ethyl adjacent to an activating group) is 1. The van der Waals surface area contributed by atoms with Crippen molar-refractivity contribution in [3.63, 3.8) is 0 Å². The highest BCUT2D eigenvalue weighted by Crippen LogP contribution is 2.22. The number of quaternary nitrogens is 1. The summed E-state index contributed by atoms with van der Waals surface area (Å²) in [5.41, 5.74) is 3.31. The zero-order chi connectivity index (χ0) is 24.6. The van der Waals surface area contributed by atoms with Crippen LogP contribution in [0.3, 0.4) is 0 Å². The molecule has 0 heterocycles. The third-order valence-electron chi connectivity index (χ3n) is 4.30. The van der Waals surface area contributed by atoms with Gasteiger partial charge in [0.2, 0.25) is 11.7 Å². The van der Waals surface area contributed by atoms with Gasteiger partial charge in [0.25, 0.3) is 0 Å². The summed E-state index contributed by atoms with van der Waals surface area (Å²) in [7, 11) is 1.50. The standard InChI is InChI=1S/C18H26N2O4.C2HF3O2/c1-12(19)15(21)18(3,4)17(23)20(5)13(2)16(22)24-11-14-9-7-6-8-10-14;3-2(4,5)1(6)7/h6-10,12-13H,11,19H2,1-5H3;(H,6,7)/t12-,13-;/m0./s1. The summed E-state index contributed by atoms with van der Waals surface area (Å²) in [4.78, 5) is 47.0. The second-order valence-corrected chi connectivity index (χ2v) is 7.36. The first-order chi connectivity index (χ1) is 14.0. The average Bonchev–Trinajstić information content (AvgIpc) is 2.69. The summed E-state index contributed by atoms with van der Waals surface area (Å²) in [6.07, 6.45) is -5.19. The Balaban J connectivity index is 0.00000110. The first-order valence-corrected chi connectivity index (χ1v) is 9.16. The van der Waals surface area contributed by atoms with Gasteiger partial charge in [-0.1, -0.05) is 30.3 Å². The van der Waals surface area contributed by atoms with Gasteiger partial charge in [0.1, 0.15) is 30.1 Å². The first-order valence-electron chi connectivity index (χ1n) is 9.16. The number of amides is 1. The van der Waals surface area contributed by atoms with E-state index in [1.807, 2.05) is 30.3 Å². The van der Waals surface area contributed by atoms with Gasteiger partial charge in [-0.15, -0.1) is 0 Å². The molecule has 0 aliphatic carbocycles. The van der Waals surface area contributed by atoms with Gasteiger partial charge in [0.15, 0.2) is 0 Å². The number of carbonyl (C=O) groups is 4. The molecular weight excluding hydrogens is 421 g/mol. The molecule has 31 heavy (non-hydrogen) atoms. The first kappa shape index (κ1) is 28.1. The smallest absolute Gasteiger partial charge is 0.430 e. The van der Waals surface area contributed by atoms with E-state index in [1.54, 1.807) is 27.7 Å². The maximum Gasteiger partial charge on any atom is 0.430 e. The molecule has 0 bridgehead atoms. The van der Waals surface area contributed by atoms with Crippen LogP contribution in [0.25, 0.3) is 0 Å². The number of ketones is 1. The number of esters is 1. The van der Waals surface area contributed by atoms with Crippen LogP contribution in [-0.2, 0) is 30.5 Å². The van der Waals surface area contributed by atoms with E-state index >= 15 is 0 Å². The number of carboxylic acids is 1. The van der Waals surface area contributed by atoms with Gasteiger partial charge in [-0.25, -0.2) is 4.79 Å². The molecule has 0 saturated carbocycles. The second kappa shape index (κ2) is 11.4. The molecule has 3 N–H and O–H groups in total. The minimum Gasteiger partial charge on any atom is -0.542 e. The lowest BCUT2D eigenvalue weighted by Crippen LogP contribution is -2.67. The molecule has 2 atom stereocenters. The third-order valence-corrected chi connectivity index (χ3v) is 4.30. The topological polar surface area (TPSA) is 131 Å². The molecule has 174 valence electrons. The van der Waals surface area contributed by atoms with E-state index in [-0.39, 0.29) is 12.4 Å². The lowest BCUT2D eigenvalue weighted by Gasteiger charge is -2.31. The van der Waals surface area contributed by atoms with Crippen molar-refractivity contribution in [2.75, 3.05) is 7.05 Å². The molecule has 0 saturated heterocycles. The Morgan fingerprint density at radius 3 is 1.94 bits per heavy atom. The molecule has 1 rings (SSSR count). The molecule has 1 amide bonds. The van der Waals surface area contributed by atoms with Gasteiger partial charge in [0.05, 0.1) is 0 Å². The number of rotatable bonds is 7. The molecule has 8 nitrogen and oxygen atoms in total. The van der Waals surface area contributed by atoms with E-state index in [0.29, 0.717) is 0 Å². The summed E-state index contributed by atoms with van der Waals surface area (Å²) in [5.74, 6) is -4.20. The number of ether oxygens (including phenoxy) is 1. The number of halogens is 3. The van der Waals surface area contributed by atoms with Crippen molar-refractivity contribution in [3.05, 3.63) is 35.9 Å². The van der Waals surface area contributed by atoms with E-state index in [0.717, 1.165) is 5.56 Å². The lowest BCUT2D eigenvalue weighted by atomic mass is 9.83. The minimum absolute atomic E-state index is 0.143. The van der Waals surface area contributed by atoms with E-state index in [2.05, 4.69) is 5.73 Å². The molecule has 0 spiro atoms. The number of hydrogen-bond donors (Lipinski definition) is 1. The van der Waals surface area contributed by atoms with E-state index in [1.165, 1.54) is 11.9 Å². The van der Waals surface area contributed by atoms with E-state index in [9.17, 15) is 27.6 Å². The predicted molar refractivity (Wildman–Crippen MR) is 101 cm³/mol. The zero-order valence-corrected chi connectivity index (χ0v) is 18.0. The number of carbonyl (C=O) groups excluding carboxylic acids is 4.